The van der Waals surface area contributed by atoms with Crippen molar-refractivity contribution in [1.82, 2.24) is 10.6 Å². The molecule has 0 saturated carbocycles. The molecule has 0 heterocycles. The highest BCUT2D eigenvalue weighted by Gasteiger charge is 2.06. The number of hydrogen-bond acceptors (Lipinski definition) is 3. The minimum atomic E-state index is -2.86. The molecule has 0 aromatic heterocycles. The average molecular weight is 286 g/mol. The van der Waals surface area contributed by atoms with Crippen LogP contribution < -0.4 is 15.4 Å². The van der Waals surface area contributed by atoms with Gasteiger partial charge in [-0.25, -0.2) is 0 Å². The first-order chi connectivity index (χ1) is 9.47. The molecule has 7 heteroatoms. The molecule has 0 unspecified atom stereocenters. The summed E-state index contributed by atoms with van der Waals surface area (Å²) in [6.45, 7) is -0.768. The Kier molecular flexibility index (Phi) is 6.42. The van der Waals surface area contributed by atoms with Crippen LogP contribution in [0.4, 0.5) is 8.78 Å². The number of ether oxygens (including phenoxy) is 1. The maximum Gasteiger partial charge on any atom is 0.387 e. The van der Waals surface area contributed by atoms with Crippen molar-refractivity contribution in [3.05, 3.63) is 29.8 Å². The zero-order valence-corrected chi connectivity index (χ0v) is 11.0. The quantitative estimate of drug-likeness (QED) is 0.737. The molecular weight excluding hydrogens is 270 g/mol. The fourth-order valence-electron chi connectivity index (χ4n) is 1.48. The molecule has 1 aromatic rings. The van der Waals surface area contributed by atoms with Crippen LogP contribution in [0.15, 0.2) is 24.3 Å². The molecule has 0 saturated heterocycles. The van der Waals surface area contributed by atoms with Crippen molar-refractivity contribution >= 4 is 11.8 Å². The van der Waals surface area contributed by atoms with Gasteiger partial charge >= 0.3 is 6.61 Å². The van der Waals surface area contributed by atoms with E-state index in [1.165, 1.54) is 19.1 Å². The van der Waals surface area contributed by atoms with Gasteiger partial charge in [-0.1, -0.05) is 12.1 Å². The maximum absolute atomic E-state index is 11.9. The molecule has 1 aromatic carbocycles. The van der Waals surface area contributed by atoms with E-state index in [1.54, 1.807) is 12.1 Å². The predicted molar refractivity (Wildman–Crippen MR) is 68.5 cm³/mol. The van der Waals surface area contributed by atoms with Crippen molar-refractivity contribution in [2.24, 2.45) is 0 Å². The third-order valence-electron chi connectivity index (χ3n) is 2.33. The van der Waals surface area contributed by atoms with Gasteiger partial charge in [0.25, 0.3) is 0 Å². The average Bonchev–Trinajstić information content (AvgIpc) is 2.36. The van der Waals surface area contributed by atoms with Crippen LogP contribution in [0.2, 0.25) is 0 Å². The molecule has 2 amide bonds. The predicted octanol–water partition coefficient (Wildman–Crippen LogP) is 1.08. The number of rotatable bonds is 7. The van der Waals surface area contributed by atoms with Crippen molar-refractivity contribution in [2.45, 2.75) is 20.0 Å². The highest BCUT2D eigenvalue weighted by atomic mass is 19.3. The Hall–Kier alpha value is -2.18. The lowest BCUT2D eigenvalue weighted by molar-refractivity contribution is -0.121. The van der Waals surface area contributed by atoms with Crippen molar-refractivity contribution in [3.63, 3.8) is 0 Å². The molecule has 0 radical (unpaired) electrons. The Morgan fingerprint density at radius 1 is 1.15 bits per heavy atom. The number of nitrogens with one attached hydrogen (secondary N) is 2. The van der Waals surface area contributed by atoms with Gasteiger partial charge < -0.3 is 15.4 Å². The molecule has 2 N–H and O–H groups in total. The normalized spacial score (nSPS) is 10.2. The van der Waals surface area contributed by atoms with E-state index in [9.17, 15) is 18.4 Å². The van der Waals surface area contributed by atoms with E-state index in [2.05, 4.69) is 15.4 Å². The minimum absolute atomic E-state index is 0.0508. The highest BCUT2D eigenvalue weighted by molar-refractivity contribution is 5.78. The molecule has 20 heavy (non-hydrogen) atoms. The van der Waals surface area contributed by atoms with Gasteiger partial charge in [0.1, 0.15) is 5.75 Å². The second-order valence-corrected chi connectivity index (χ2v) is 4.03. The van der Waals surface area contributed by atoms with Gasteiger partial charge in [0.05, 0.1) is 6.42 Å². The number of alkyl halides is 2. The van der Waals surface area contributed by atoms with Gasteiger partial charge in [-0.3, -0.25) is 9.59 Å². The van der Waals surface area contributed by atoms with Gasteiger partial charge in [-0.05, 0) is 17.7 Å². The zero-order valence-electron chi connectivity index (χ0n) is 11.0. The fraction of sp³-hybridized carbons (Fsp3) is 0.385. The molecule has 0 aliphatic carbocycles. The number of carbonyl (C=O) groups excluding carboxylic acids is 2. The van der Waals surface area contributed by atoms with Gasteiger partial charge in [0.15, 0.2) is 0 Å². The summed E-state index contributed by atoms with van der Waals surface area (Å²) in [5.41, 5.74) is 0.684. The molecule has 1 rings (SSSR count). The fourth-order valence-corrected chi connectivity index (χ4v) is 1.48. The van der Waals surface area contributed by atoms with Gasteiger partial charge in [0, 0.05) is 20.0 Å². The Labute approximate surface area is 115 Å². The Balaban J connectivity index is 2.32. The summed E-state index contributed by atoms with van der Waals surface area (Å²) < 4.78 is 28.1. The van der Waals surface area contributed by atoms with Gasteiger partial charge in [-0.15, -0.1) is 0 Å². The van der Waals surface area contributed by atoms with Crippen LogP contribution in [-0.2, 0) is 16.0 Å². The topological polar surface area (TPSA) is 67.4 Å². The summed E-state index contributed by atoms with van der Waals surface area (Å²) in [7, 11) is 0. The van der Waals surface area contributed by atoms with E-state index in [-0.39, 0.29) is 24.0 Å². The minimum Gasteiger partial charge on any atom is -0.435 e. The lowest BCUT2D eigenvalue weighted by Gasteiger charge is -2.07. The summed E-state index contributed by atoms with van der Waals surface area (Å²) in [5, 5.41) is 5.18. The lowest BCUT2D eigenvalue weighted by atomic mass is 10.1. The lowest BCUT2D eigenvalue weighted by Crippen LogP contribution is -2.34. The third kappa shape index (κ3) is 6.67. The van der Waals surface area contributed by atoms with Crippen LogP contribution in [0.3, 0.4) is 0 Å². The Morgan fingerprint density at radius 2 is 1.75 bits per heavy atom. The van der Waals surface area contributed by atoms with Crippen molar-refractivity contribution in [2.75, 3.05) is 13.1 Å². The summed E-state index contributed by atoms with van der Waals surface area (Å²) in [5.74, 6) is -0.318. The van der Waals surface area contributed by atoms with Crippen LogP contribution in [0, 0.1) is 0 Å². The largest absolute Gasteiger partial charge is 0.435 e. The zero-order chi connectivity index (χ0) is 15.0. The van der Waals surface area contributed by atoms with E-state index in [4.69, 9.17) is 0 Å². The van der Waals surface area contributed by atoms with Gasteiger partial charge in [0.2, 0.25) is 11.8 Å². The molecule has 0 aliphatic heterocycles. The third-order valence-corrected chi connectivity index (χ3v) is 2.33. The van der Waals surface area contributed by atoms with Gasteiger partial charge in [-0.2, -0.15) is 8.78 Å². The first kappa shape index (κ1) is 15.9. The standard InChI is InChI=1S/C13H16F2N2O3/c1-9(18)16-6-7-17-12(19)8-10-2-4-11(5-3-10)20-13(14)15/h2-5,13H,6-8H2,1H3,(H,16,18)(H,17,19). The molecule has 0 aliphatic rings. The Morgan fingerprint density at radius 3 is 2.30 bits per heavy atom. The van der Waals surface area contributed by atoms with E-state index >= 15 is 0 Å². The second-order valence-electron chi connectivity index (χ2n) is 4.03. The van der Waals surface area contributed by atoms with Crippen molar-refractivity contribution in [3.8, 4) is 5.75 Å². The SMILES string of the molecule is CC(=O)NCCNC(=O)Cc1ccc(OC(F)F)cc1. The molecule has 0 bridgehead atoms. The molecular formula is C13H16F2N2O3. The summed E-state index contributed by atoms with van der Waals surface area (Å²) >= 11 is 0. The van der Waals surface area contributed by atoms with Crippen LogP contribution in [0.25, 0.3) is 0 Å². The number of hydrogen-bond donors (Lipinski definition) is 2. The first-order valence-electron chi connectivity index (χ1n) is 6.02. The van der Waals surface area contributed by atoms with Crippen molar-refractivity contribution < 1.29 is 23.1 Å². The molecule has 110 valence electrons. The molecule has 0 spiro atoms. The smallest absolute Gasteiger partial charge is 0.387 e. The second kappa shape index (κ2) is 8.08. The summed E-state index contributed by atoms with van der Waals surface area (Å²) in [6.07, 6.45) is 0.134. The monoisotopic (exact) mass is 286 g/mol. The van der Waals surface area contributed by atoms with E-state index in [0.29, 0.717) is 18.7 Å². The van der Waals surface area contributed by atoms with Crippen LogP contribution in [0.1, 0.15) is 12.5 Å². The number of halogens is 2. The summed E-state index contributed by atoms with van der Waals surface area (Å²) in [4.78, 5) is 22.1. The Bertz CT molecular complexity index is 449. The van der Waals surface area contributed by atoms with Crippen LogP contribution >= 0.6 is 0 Å². The number of benzene rings is 1. The van der Waals surface area contributed by atoms with E-state index < -0.39 is 6.61 Å². The first-order valence-corrected chi connectivity index (χ1v) is 6.02. The molecule has 5 nitrogen and oxygen atoms in total. The maximum atomic E-state index is 11.9. The number of carbonyl (C=O) groups is 2. The van der Waals surface area contributed by atoms with Crippen LogP contribution in [-0.4, -0.2) is 31.5 Å². The molecule has 0 atom stereocenters. The van der Waals surface area contributed by atoms with Crippen LogP contribution in [0.5, 0.6) is 5.75 Å². The highest BCUT2D eigenvalue weighted by Crippen LogP contribution is 2.15. The van der Waals surface area contributed by atoms with E-state index in [1.807, 2.05) is 0 Å². The number of amides is 2. The van der Waals surface area contributed by atoms with Crippen molar-refractivity contribution in [1.29, 1.82) is 0 Å². The molecule has 0 fully saturated rings. The summed E-state index contributed by atoms with van der Waals surface area (Å²) in [6, 6.07) is 5.86. The van der Waals surface area contributed by atoms with E-state index in [0.717, 1.165) is 0 Å².